The van der Waals surface area contributed by atoms with E-state index in [1.807, 2.05) is 6.20 Å². The van der Waals surface area contributed by atoms with E-state index in [-0.39, 0.29) is 0 Å². The molecule has 0 aliphatic carbocycles. The second-order valence-corrected chi connectivity index (χ2v) is 9.62. The maximum atomic E-state index is 4.70. The first-order chi connectivity index (χ1) is 16.0. The van der Waals surface area contributed by atoms with E-state index < -0.39 is 0 Å². The zero-order chi connectivity index (χ0) is 22.9. The van der Waals surface area contributed by atoms with E-state index in [9.17, 15) is 0 Å². The van der Waals surface area contributed by atoms with Gasteiger partial charge < -0.3 is 4.90 Å². The number of anilines is 1. The number of piperazine rings is 1. The van der Waals surface area contributed by atoms with E-state index in [4.69, 9.17) is 4.98 Å². The first-order valence-electron chi connectivity index (χ1n) is 12.1. The molecule has 2 aromatic carbocycles. The molecule has 1 fully saturated rings. The van der Waals surface area contributed by atoms with Gasteiger partial charge in [0.15, 0.2) is 0 Å². The Balaban J connectivity index is 1.35. The van der Waals surface area contributed by atoms with Crippen molar-refractivity contribution < 1.29 is 0 Å². The van der Waals surface area contributed by atoms with Crippen molar-refractivity contribution in [2.45, 2.75) is 40.2 Å². The van der Waals surface area contributed by atoms with Crippen LogP contribution in [0.2, 0.25) is 0 Å². The highest BCUT2D eigenvalue weighted by Crippen LogP contribution is 2.26. The fraction of sp³-hybridized carbons (Fsp3) is 0.345. The van der Waals surface area contributed by atoms with E-state index >= 15 is 0 Å². The average Bonchev–Trinajstić information content (AvgIpc) is 3.32. The van der Waals surface area contributed by atoms with Crippen LogP contribution in [0.25, 0.3) is 16.9 Å². The van der Waals surface area contributed by atoms with Crippen LogP contribution < -0.4 is 4.90 Å². The summed E-state index contributed by atoms with van der Waals surface area (Å²) in [6.07, 6.45) is 4.86. The molecule has 1 aliphatic rings. The number of hydrogen-bond acceptors (Lipinski definition) is 3. The predicted octanol–water partition coefficient (Wildman–Crippen LogP) is 5.74. The van der Waals surface area contributed by atoms with Gasteiger partial charge in [0.1, 0.15) is 5.65 Å². The van der Waals surface area contributed by atoms with Crippen LogP contribution in [-0.2, 0) is 6.42 Å². The largest absolute Gasteiger partial charge is 0.369 e. The fourth-order valence-electron chi connectivity index (χ4n) is 4.88. The van der Waals surface area contributed by atoms with Gasteiger partial charge in [0.2, 0.25) is 0 Å². The van der Waals surface area contributed by atoms with Crippen molar-refractivity contribution in [3.05, 3.63) is 89.2 Å². The molecule has 0 saturated carbocycles. The summed E-state index contributed by atoms with van der Waals surface area (Å²) in [6, 6.07) is 20.9. The summed E-state index contributed by atoms with van der Waals surface area (Å²) in [5.41, 5.74) is 10.0. The third kappa shape index (κ3) is 4.40. The Bertz CT molecular complexity index is 1240. The molecule has 3 heterocycles. The number of aromatic nitrogens is 2. The van der Waals surface area contributed by atoms with E-state index in [0.29, 0.717) is 6.04 Å². The summed E-state index contributed by atoms with van der Waals surface area (Å²) < 4.78 is 2.22. The van der Waals surface area contributed by atoms with Gasteiger partial charge in [-0.05, 0) is 79.8 Å². The van der Waals surface area contributed by atoms with Gasteiger partial charge in [-0.15, -0.1) is 0 Å². The topological polar surface area (TPSA) is 23.8 Å². The number of imidazole rings is 1. The molecule has 0 unspecified atom stereocenters. The third-order valence-corrected chi connectivity index (χ3v) is 7.17. The van der Waals surface area contributed by atoms with Crippen LogP contribution in [0.4, 0.5) is 5.69 Å². The van der Waals surface area contributed by atoms with E-state index in [2.05, 4.69) is 103 Å². The normalized spacial score (nSPS) is 15.0. The number of nitrogens with zero attached hydrogens (tertiary/aromatic N) is 4. The second-order valence-electron chi connectivity index (χ2n) is 9.62. The molecule has 1 aliphatic heterocycles. The Morgan fingerprint density at radius 2 is 1.61 bits per heavy atom. The van der Waals surface area contributed by atoms with Gasteiger partial charge in [0.05, 0.1) is 5.69 Å². The molecular weight excluding hydrogens is 404 g/mol. The van der Waals surface area contributed by atoms with Gasteiger partial charge in [-0.3, -0.25) is 9.30 Å². The standard InChI is InChI=1S/C29H34N4/c1-21(2)31-15-17-32(18-16-31)27-10-6-24(7-11-27)20-26-9-12-28(33-14-13-30-29(26)33)25-8-5-22(3)23(4)19-25/h5-14,19,21H,15-18,20H2,1-4H3. The Labute approximate surface area is 197 Å². The summed E-state index contributed by atoms with van der Waals surface area (Å²) in [4.78, 5) is 9.77. The zero-order valence-corrected chi connectivity index (χ0v) is 20.3. The minimum absolute atomic E-state index is 0.635. The van der Waals surface area contributed by atoms with E-state index in [1.54, 1.807) is 0 Å². The van der Waals surface area contributed by atoms with Gasteiger partial charge in [-0.25, -0.2) is 4.98 Å². The summed E-state index contributed by atoms with van der Waals surface area (Å²) >= 11 is 0. The van der Waals surface area contributed by atoms with Crippen molar-refractivity contribution >= 4 is 11.3 Å². The number of pyridine rings is 1. The van der Waals surface area contributed by atoms with Crippen LogP contribution >= 0.6 is 0 Å². The molecule has 4 heteroatoms. The number of aryl methyl sites for hydroxylation is 2. The minimum atomic E-state index is 0.635. The van der Waals surface area contributed by atoms with Crippen molar-refractivity contribution in [1.29, 1.82) is 0 Å². The molecule has 0 radical (unpaired) electrons. The van der Waals surface area contributed by atoms with Crippen molar-refractivity contribution in [3.63, 3.8) is 0 Å². The SMILES string of the molecule is Cc1ccc(-c2ccc(Cc3ccc(N4CCN(C(C)C)CC4)cc3)c3nccn23)cc1C. The highest BCUT2D eigenvalue weighted by molar-refractivity contribution is 5.67. The lowest BCUT2D eigenvalue weighted by molar-refractivity contribution is 0.209. The molecule has 170 valence electrons. The lowest BCUT2D eigenvalue weighted by Gasteiger charge is -2.38. The van der Waals surface area contributed by atoms with Crippen LogP contribution in [0.1, 0.15) is 36.1 Å². The molecular formula is C29H34N4. The van der Waals surface area contributed by atoms with Crippen molar-refractivity contribution in [3.8, 4) is 11.3 Å². The Hall–Kier alpha value is -3.11. The lowest BCUT2D eigenvalue weighted by atomic mass is 10.0. The van der Waals surface area contributed by atoms with Crippen LogP contribution in [-0.4, -0.2) is 46.5 Å². The lowest BCUT2D eigenvalue weighted by Crippen LogP contribution is -2.48. The molecule has 5 rings (SSSR count). The van der Waals surface area contributed by atoms with Crippen LogP contribution in [0.3, 0.4) is 0 Å². The predicted molar refractivity (Wildman–Crippen MR) is 138 cm³/mol. The zero-order valence-electron chi connectivity index (χ0n) is 20.3. The first-order valence-corrected chi connectivity index (χ1v) is 12.1. The molecule has 2 aromatic heterocycles. The number of benzene rings is 2. The Kier molecular flexibility index (Phi) is 5.94. The molecule has 4 nitrogen and oxygen atoms in total. The maximum Gasteiger partial charge on any atom is 0.140 e. The quantitative estimate of drug-likeness (QED) is 0.397. The van der Waals surface area contributed by atoms with Crippen LogP contribution in [0.5, 0.6) is 0 Å². The van der Waals surface area contributed by atoms with Gasteiger partial charge in [-0.2, -0.15) is 0 Å². The molecule has 0 bridgehead atoms. The van der Waals surface area contributed by atoms with Crippen LogP contribution in [0.15, 0.2) is 67.0 Å². The first kappa shape index (κ1) is 21.7. The van der Waals surface area contributed by atoms with Gasteiger partial charge in [-0.1, -0.05) is 30.3 Å². The van der Waals surface area contributed by atoms with Crippen LogP contribution in [0, 0.1) is 13.8 Å². The van der Waals surface area contributed by atoms with Gasteiger partial charge in [0, 0.05) is 56.7 Å². The summed E-state index contributed by atoms with van der Waals surface area (Å²) in [6.45, 7) is 13.4. The average molecular weight is 439 g/mol. The second kappa shape index (κ2) is 9.03. The van der Waals surface area contributed by atoms with Gasteiger partial charge in [0.25, 0.3) is 0 Å². The molecule has 0 N–H and O–H groups in total. The monoisotopic (exact) mass is 438 g/mol. The summed E-state index contributed by atoms with van der Waals surface area (Å²) in [5, 5.41) is 0. The Morgan fingerprint density at radius 3 is 2.30 bits per heavy atom. The van der Waals surface area contributed by atoms with E-state index in [0.717, 1.165) is 38.2 Å². The molecule has 0 spiro atoms. The molecule has 1 saturated heterocycles. The highest BCUT2D eigenvalue weighted by atomic mass is 15.3. The molecule has 4 aromatic rings. The smallest absolute Gasteiger partial charge is 0.140 e. The Morgan fingerprint density at radius 1 is 0.848 bits per heavy atom. The van der Waals surface area contributed by atoms with Crippen molar-refractivity contribution in [2.75, 3.05) is 31.1 Å². The summed E-state index contributed by atoms with van der Waals surface area (Å²) in [5.74, 6) is 0. The maximum absolute atomic E-state index is 4.70. The number of rotatable bonds is 5. The third-order valence-electron chi connectivity index (χ3n) is 7.17. The molecule has 33 heavy (non-hydrogen) atoms. The van der Waals surface area contributed by atoms with Crippen molar-refractivity contribution in [1.82, 2.24) is 14.3 Å². The van der Waals surface area contributed by atoms with Crippen molar-refractivity contribution in [2.24, 2.45) is 0 Å². The minimum Gasteiger partial charge on any atom is -0.369 e. The van der Waals surface area contributed by atoms with Gasteiger partial charge >= 0.3 is 0 Å². The molecule has 0 atom stereocenters. The van der Waals surface area contributed by atoms with E-state index in [1.165, 1.54) is 39.2 Å². The highest BCUT2D eigenvalue weighted by Gasteiger charge is 2.19. The number of fused-ring (bicyclic) bond motifs is 1. The number of hydrogen-bond donors (Lipinski definition) is 0. The summed E-state index contributed by atoms with van der Waals surface area (Å²) in [7, 11) is 0. The molecule has 0 amide bonds. The fourth-order valence-corrected chi connectivity index (χ4v) is 4.88.